The highest BCUT2D eigenvalue weighted by Gasteiger charge is 2.38. The normalized spacial score (nSPS) is 16.2. The largest absolute Gasteiger partial charge is 0.298 e. The maximum absolute atomic E-state index is 13.4. The van der Waals surface area contributed by atoms with Crippen LogP contribution in [0.5, 0.6) is 0 Å². The third-order valence-corrected chi connectivity index (χ3v) is 4.07. The highest BCUT2D eigenvalue weighted by Crippen LogP contribution is 2.29. The Hall–Kier alpha value is -2.57. The summed E-state index contributed by atoms with van der Waals surface area (Å²) in [5.74, 6) is -3.42. The minimum absolute atomic E-state index is 0.100. The molecule has 0 N–H and O–H groups in total. The fraction of sp³-hybridized carbons (Fsp3) is 0.353. The lowest BCUT2D eigenvalue weighted by atomic mass is 9.81. The van der Waals surface area contributed by atoms with Crippen molar-refractivity contribution in [2.45, 2.75) is 32.6 Å². The summed E-state index contributed by atoms with van der Waals surface area (Å²) in [6, 6.07) is 4.52. The third kappa shape index (κ3) is 2.81. The van der Waals surface area contributed by atoms with E-state index in [0.717, 1.165) is 0 Å². The van der Waals surface area contributed by atoms with Gasteiger partial charge in [-0.2, -0.15) is 0 Å². The Kier molecular flexibility index (Phi) is 4.17. The number of fused-ring (bicyclic) bond motifs is 1. The van der Waals surface area contributed by atoms with Crippen LogP contribution in [0, 0.1) is 12.8 Å². The van der Waals surface area contributed by atoms with Gasteiger partial charge >= 0.3 is 0 Å². The molecule has 0 radical (unpaired) electrons. The van der Waals surface area contributed by atoms with Gasteiger partial charge in [0.15, 0.2) is 23.0 Å². The molecule has 3 rings (SSSR count). The van der Waals surface area contributed by atoms with Crippen molar-refractivity contribution in [2.24, 2.45) is 5.92 Å². The molecule has 1 saturated carbocycles. The van der Waals surface area contributed by atoms with Gasteiger partial charge in [0, 0.05) is 29.5 Å². The molecular weight excluding hydrogens is 318 g/mol. The Labute approximate surface area is 136 Å². The fourth-order valence-electron chi connectivity index (χ4n) is 2.88. The predicted molar refractivity (Wildman–Crippen MR) is 80.9 cm³/mol. The van der Waals surface area contributed by atoms with Crippen LogP contribution in [-0.2, 0) is 9.59 Å². The molecule has 1 aliphatic carbocycles. The number of alkyl halides is 2. The van der Waals surface area contributed by atoms with E-state index in [2.05, 4.69) is 9.97 Å². The summed E-state index contributed by atoms with van der Waals surface area (Å²) in [7, 11) is 0. The van der Waals surface area contributed by atoms with Crippen molar-refractivity contribution >= 4 is 28.4 Å². The number of ketones is 3. The minimum Gasteiger partial charge on any atom is -0.298 e. The SMILES string of the molecule is Cc1ccc2cc(C(=O)C3C(=O)CCCC3=O)c(C(F)F)nc2n1. The van der Waals surface area contributed by atoms with Crippen LogP contribution in [-0.4, -0.2) is 27.3 Å². The monoisotopic (exact) mass is 332 g/mol. The number of Topliss-reactive ketones (excluding diaryl/α,β-unsaturated/α-hetero) is 3. The second-order valence-corrected chi connectivity index (χ2v) is 5.80. The van der Waals surface area contributed by atoms with Gasteiger partial charge in [0.2, 0.25) is 0 Å². The van der Waals surface area contributed by atoms with Gasteiger partial charge in [-0.25, -0.2) is 18.7 Å². The summed E-state index contributed by atoms with van der Waals surface area (Å²) in [5.41, 5.74) is -0.413. The molecule has 0 atom stereocenters. The molecule has 24 heavy (non-hydrogen) atoms. The summed E-state index contributed by atoms with van der Waals surface area (Å²) in [6.07, 6.45) is -2.41. The number of aryl methyl sites for hydroxylation is 1. The van der Waals surface area contributed by atoms with Gasteiger partial charge in [-0.05, 0) is 31.5 Å². The Balaban J connectivity index is 2.14. The smallest absolute Gasteiger partial charge is 0.281 e. The number of hydrogen-bond acceptors (Lipinski definition) is 5. The molecule has 1 fully saturated rings. The first-order valence-electron chi connectivity index (χ1n) is 7.54. The zero-order chi connectivity index (χ0) is 17.4. The lowest BCUT2D eigenvalue weighted by Crippen LogP contribution is -2.35. The maximum atomic E-state index is 13.4. The van der Waals surface area contributed by atoms with Crippen LogP contribution in [0.15, 0.2) is 18.2 Å². The Morgan fingerprint density at radius 2 is 1.83 bits per heavy atom. The van der Waals surface area contributed by atoms with Crippen molar-refractivity contribution in [2.75, 3.05) is 0 Å². The average Bonchev–Trinajstić information content (AvgIpc) is 2.53. The van der Waals surface area contributed by atoms with Gasteiger partial charge in [0.1, 0.15) is 11.6 Å². The van der Waals surface area contributed by atoms with E-state index in [4.69, 9.17) is 0 Å². The number of hydrogen-bond donors (Lipinski definition) is 0. The molecule has 1 aliphatic rings. The first kappa shape index (κ1) is 16.3. The van der Waals surface area contributed by atoms with E-state index in [9.17, 15) is 23.2 Å². The Bertz CT molecular complexity index is 848. The van der Waals surface area contributed by atoms with E-state index in [1.807, 2.05) is 0 Å². The highest BCUT2D eigenvalue weighted by molar-refractivity contribution is 6.25. The molecule has 0 unspecified atom stereocenters. The number of carbonyl (C=O) groups is 3. The van der Waals surface area contributed by atoms with Crippen LogP contribution in [0.25, 0.3) is 11.0 Å². The van der Waals surface area contributed by atoms with E-state index in [1.165, 1.54) is 6.07 Å². The van der Waals surface area contributed by atoms with Crippen LogP contribution >= 0.6 is 0 Å². The number of halogens is 2. The van der Waals surface area contributed by atoms with Gasteiger partial charge in [-0.15, -0.1) is 0 Å². The van der Waals surface area contributed by atoms with Gasteiger partial charge < -0.3 is 0 Å². The van der Waals surface area contributed by atoms with Gasteiger partial charge in [-0.1, -0.05) is 0 Å². The van der Waals surface area contributed by atoms with Crippen LogP contribution in [0.4, 0.5) is 8.78 Å². The molecule has 2 aromatic rings. The van der Waals surface area contributed by atoms with Crippen LogP contribution < -0.4 is 0 Å². The van der Waals surface area contributed by atoms with Gasteiger partial charge in [0.05, 0.1) is 0 Å². The molecule has 2 aromatic heterocycles. The van der Waals surface area contributed by atoms with Crippen molar-refractivity contribution in [3.8, 4) is 0 Å². The van der Waals surface area contributed by atoms with Crippen molar-refractivity contribution in [3.05, 3.63) is 35.2 Å². The average molecular weight is 332 g/mol. The van der Waals surface area contributed by atoms with Crippen LogP contribution in [0.1, 0.15) is 47.4 Å². The van der Waals surface area contributed by atoms with E-state index < -0.39 is 35.4 Å². The molecule has 124 valence electrons. The van der Waals surface area contributed by atoms with Gasteiger partial charge in [0.25, 0.3) is 6.43 Å². The van der Waals surface area contributed by atoms with E-state index in [-0.39, 0.29) is 24.1 Å². The molecule has 2 heterocycles. The van der Waals surface area contributed by atoms with Crippen molar-refractivity contribution in [1.82, 2.24) is 9.97 Å². The van der Waals surface area contributed by atoms with Crippen molar-refractivity contribution in [3.63, 3.8) is 0 Å². The summed E-state index contributed by atoms with van der Waals surface area (Å²) in [4.78, 5) is 44.4. The second kappa shape index (κ2) is 6.14. The number of rotatable bonds is 3. The summed E-state index contributed by atoms with van der Waals surface area (Å²) in [5, 5.41) is 0.407. The number of carbonyl (C=O) groups excluding carboxylic acids is 3. The molecule has 5 nitrogen and oxygen atoms in total. The number of aromatic nitrogens is 2. The Morgan fingerprint density at radius 1 is 1.17 bits per heavy atom. The van der Waals surface area contributed by atoms with Crippen LogP contribution in [0.3, 0.4) is 0 Å². The highest BCUT2D eigenvalue weighted by atomic mass is 19.3. The molecule has 0 bridgehead atoms. The van der Waals surface area contributed by atoms with Crippen molar-refractivity contribution < 1.29 is 23.2 Å². The lowest BCUT2D eigenvalue weighted by Gasteiger charge is -2.19. The number of pyridine rings is 2. The third-order valence-electron chi connectivity index (χ3n) is 4.07. The van der Waals surface area contributed by atoms with Crippen LogP contribution in [0.2, 0.25) is 0 Å². The second-order valence-electron chi connectivity index (χ2n) is 5.80. The molecule has 0 aromatic carbocycles. The Morgan fingerprint density at radius 3 is 2.46 bits per heavy atom. The first-order valence-corrected chi connectivity index (χ1v) is 7.54. The maximum Gasteiger partial charge on any atom is 0.281 e. The predicted octanol–water partition coefficient (Wildman–Crippen LogP) is 3.00. The van der Waals surface area contributed by atoms with E-state index >= 15 is 0 Å². The number of nitrogens with zero attached hydrogens (tertiary/aromatic N) is 2. The quantitative estimate of drug-likeness (QED) is 0.638. The minimum atomic E-state index is -3.01. The van der Waals surface area contributed by atoms with E-state index in [1.54, 1.807) is 19.1 Å². The molecule has 0 saturated heterocycles. The topological polar surface area (TPSA) is 77.0 Å². The molecule has 7 heteroatoms. The lowest BCUT2D eigenvalue weighted by molar-refractivity contribution is -0.133. The van der Waals surface area contributed by atoms with E-state index in [0.29, 0.717) is 17.5 Å². The zero-order valence-corrected chi connectivity index (χ0v) is 12.9. The van der Waals surface area contributed by atoms with Gasteiger partial charge in [-0.3, -0.25) is 14.4 Å². The first-order chi connectivity index (χ1) is 11.4. The molecule has 0 aliphatic heterocycles. The fourth-order valence-corrected chi connectivity index (χ4v) is 2.88. The molecule has 0 amide bonds. The van der Waals surface area contributed by atoms with Crippen molar-refractivity contribution in [1.29, 1.82) is 0 Å². The molecule has 0 spiro atoms. The zero-order valence-electron chi connectivity index (χ0n) is 12.9. The standard InChI is InChI=1S/C17H14F2N2O3/c1-8-5-6-9-7-10(14(16(18)19)21-17(9)20-8)15(24)13-11(22)3-2-4-12(13)23/h5-7,13,16H,2-4H2,1H3. The summed E-state index contributed by atoms with van der Waals surface area (Å²) >= 11 is 0. The summed E-state index contributed by atoms with van der Waals surface area (Å²) in [6.45, 7) is 1.70. The molecular formula is C17H14F2N2O3. The summed E-state index contributed by atoms with van der Waals surface area (Å²) < 4.78 is 26.7.